The van der Waals surface area contributed by atoms with Crippen molar-refractivity contribution in [1.82, 2.24) is 26.2 Å². The third kappa shape index (κ3) is 9.11. The van der Waals surface area contributed by atoms with E-state index >= 15 is 0 Å². The Bertz CT molecular complexity index is 1170. The molecular weight excluding hydrogens is 504 g/mol. The van der Waals surface area contributed by atoms with Crippen LogP contribution < -0.4 is 27.0 Å². The van der Waals surface area contributed by atoms with E-state index in [1.165, 1.54) is 24.0 Å². The van der Waals surface area contributed by atoms with Crippen LogP contribution in [0.3, 0.4) is 0 Å². The number of hydrogen-bond donors (Lipinski definition) is 6. The average Bonchev–Trinajstić information content (AvgIpc) is 2.92. The maximum absolute atomic E-state index is 13.1. The summed E-state index contributed by atoms with van der Waals surface area (Å²) in [6.07, 6.45) is 0.418. The fourth-order valence-electron chi connectivity index (χ4n) is 4.03. The van der Waals surface area contributed by atoms with Crippen molar-refractivity contribution >= 4 is 29.5 Å². The first kappa shape index (κ1) is 29.1. The van der Waals surface area contributed by atoms with Gasteiger partial charge < -0.3 is 37.0 Å². The molecule has 12 nitrogen and oxygen atoms in total. The van der Waals surface area contributed by atoms with Gasteiger partial charge in [-0.3, -0.25) is 24.0 Å². The van der Waals surface area contributed by atoms with E-state index in [4.69, 9.17) is 5.73 Å². The Kier molecular flexibility index (Phi) is 10.4. The minimum absolute atomic E-state index is 0.0944. The van der Waals surface area contributed by atoms with Crippen molar-refractivity contribution < 1.29 is 29.1 Å². The zero-order valence-corrected chi connectivity index (χ0v) is 21.7. The standard InChI is InChI=1S/C27H34N6O6/c1-17(31-26(38)21(28)13-19-7-9-20(34)10-8-19)25(37)30-15-23(35)32-22(14-18-5-3-2-4-6-18)27(39)33-12-11-29-24(36)16-33/h2-10,17,21-22,34H,11-16,28H2,1H3,(H,29,36)(H,30,37)(H,31,38)(H,32,35)/t17-,21+,22+/m1/s1. The fraction of sp³-hybridized carbons (Fsp3) is 0.370. The highest BCUT2D eigenvalue weighted by molar-refractivity contribution is 5.94. The molecule has 5 amide bonds. The number of amides is 5. The van der Waals surface area contributed by atoms with E-state index < -0.39 is 48.3 Å². The largest absolute Gasteiger partial charge is 0.508 e. The Morgan fingerprint density at radius 1 is 0.974 bits per heavy atom. The Hall–Kier alpha value is -4.45. The maximum atomic E-state index is 13.1. The molecule has 208 valence electrons. The van der Waals surface area contributed by atoms with Crippen LogP contribution in [-0.2, 0) is 36.8 Å². The van der Waals surface area contributed by atoms with E-state index in [9.17, 15) is 29.1 Å². The number of carbonyl (C=O) groups is 5. The van der Waals surface area contributed by atoms with Gasteiger partial charge in [0.2, 0.25) is 29.5 Å². The molecule has 2 aromatic carbocycles. The molecule has 0 aliphatic carbocycles. The molecule has 2 aromatic rings. The number of phenols is 1. The summed E-state index contributed by atoms with van der Waals surface area (Å²) in [7, 11) is 0. The molecule has 0 aromatic heterocycles. The van der Waals surface area contributed by atoms with Gasteiger partial charge in [0.1, 0.15) is 17.8 Å². The normalized spacial score (nSPS) is 15.3. The molecule has 7 N–H and O–H groups in total. The molecule has 0 radical (unpaired) electrons. The molecule has 0 unspecified atom stereocenters. The van der Waals surface area contributed by atoms with Gasteiger partial charge in [-0.25, -0.2) is 0 Å². The minimum Gasteiger partial charge on any atom is -0.508 e. The van der Waals surface area contributed by atoms with Crippen molar-refractivity contribution in [3.05, 3.63) is 65.7 Å². The highest BCUT2D eigenvalue weighted by Gasteiger charge is 2.29. The average molecular weight is 539 g/mol. The van der Waals surface area contributed by atoms with Crippen molar-refractivity contribution in [2.45, 2.75) is 37.9 Å². The third-order valence-electron chi connectivity index (χ3n) is 6.17. The Morgan fingerprint density at radius 3 is 2.31 bits per heavy atom. The highest BCUT2D eigenvalue weighted by atomic mass is 16.3. The summed E-state index contributed by atoms with van der Waals surface area (Å²) in [5, 5.41) is 19.7. The van der Waals surface area contributed by atoms with Gasteiger partial charge in [0.15, 0.2) is 0 Å². The molecule has 1 fully saturated rings. The lowest BCUT2D eigenvalue weighted by molar-refractivity contribution is -0.141. The smallest absolute Gasteiger partial charge is 0.246 e. The van der Waals surface area contributed by atoms with Crippen LogP contribution >= 0.6 is 0 Å². The van der Waals surface area contributed by atoms with Crippen molar-refractivity contribution in [2.24, 2.45) is 5.73 Å². The van der Waals surface area contributed by atoms with E-state index in [1.807, 2.05) is 30.3 Å². The topological polar surface area (TPSA) is 183 Å². The van der Waals surface area contributed by atoms with Gasteiger partial charge in [0.25, 0.3) is 0 Å². The van der Waals surface area contributed by atoms with Gasteiger partial charge in [0.05, 0.1) is 19.1 Å². The molecule has 0 bridgehead atoms. The maximum Gasteiger partial charge on any atom is 0.246 e. The monoisotopic (exact) mass is 538 g/mol. The summed E-state index contributed by atoms with van der Waals surface area (Å²) in [5.74, 6) is -2.31. The predicted molar refractivity (Wildman–Crippen MR) is 142 cm³/mol. The lowest BCUT2D eigenvalue weighted by Crippen LogP contribution is -2.57. The molecule has 1 saturated heterocycles. The van der Waals surface area contributed by atoms with Gasteiger partial charge in [-0.05, 0) is 36.6 Å². The second kappa shape index (κ2) is 13.9. The van der Waals surface area contributed by atoms with Crippen LogP contribution in [0, 0.1) is 0 Å². The molecule has 0 spiro atoms. The van der Waals surface area contributed by atoms with Gasteiger partial charge in [-0.1, -0.05) is 42.5 Å². The third-order valence-corrected chi connectivity index (χ3v) is 6.17. The van der Waals surface area contributed by atoms with Crippen LogP contribution in [-0.4, -0.2) is 83.8 Å². The van der Waals surface area contributed by atoms with Crippen LogP contribution in [0.1, 0.15) is 18.1 Å². The first-order valence-electron chi connectivity index (χ1n) is 12.6. The Labute approximate surface area is 226 Å². The molecule has 1 aliphatic rings. The Morgan fingerprint density at radius 2 is 1.64 bits per heavy atom. The van der Waals surface area contributed by atoms with E-state index in [-0.39, 0.29) is 31.0 Å². The molecule has 1 aliphatic heterocycles. The number of carbonyl (C=O) groups excluding carboxylic acids is 5. The summed E-state index contributed by atoms with van der Waals surface area (Å²) in [6, 6.07) is 12.6. The van der Waals surface area contributed by atoms with Crippen molar-refractivity contribution in [1.29, 1.82) is 0 Å². The SMILES string of the molecule is C[C@@H](NC(=O)[C@@H](N)Cc1ccc(O)cc1)C(=O)NCC(=O)N[C@@H](Cc1ccccc1)C(=O)N1CCNC(=O)C1. The summed E-state index contributed by atoms with van der Waals surface area (Å²) in [5.41, 5.74) is 7.51. The Balaban J connectivity index is 1.51. The summed E-state index contributed by atoms with van der Waals surface area (Å²) in [6.45, 7) is 1.60. The molecule has 3 atom stereocenters. The number of hydrogen-bond acceptors (Lipinski definition) is 7. The van der Waals surface area contributed by atoms with E-state index in [0.717, 1.165) is 11.1 Å². The van der Waals surface area contributed by atoms with Crippen molar-refractivity contribution in [3.8, 4) is 5.75 Å². The van der Waals surface area contributed by atoms with E-state index in [0.29, 0.717) is 13.1 Å². The number of piperazine rings is 1. The molecule has 12 heteroatoms. The highest BCUT2D eigenvalue weighted by Crippen LogP contribution is 2.11. The van der Waals surface area contributed by atoms with Gasteiger partial charge in [-0.2, -0.15) is 0 Å². The number of nitrogens with zero attached hydrogens (tertiary/aromatic N) is 1. The molecule has 1 heterocycles. The number of phenolic OH excluding ortho intramolecular Hbond substituents is 1. The predicted octanol–water partition coefficient (Wildman–Crippen LogP) is -1.43. The fourth-order valence-corrected chi connectivity index (χ4v) is 4.03. The van der Waals surface area contributed by atoms with Crippen LogP contribution in [0.25, 0.3) is 0 Å². The second-order valence-electron chi connectivity index (χ2n) is 9.34. The molecule has 3 rings (SSSR count). The minimum atomic E-state index is -0.968. The summed E-state index contributed by atoms with van der Waals surface area (Å²) < 4.78 is 0. The van der Waals surface area contributed by atoms with Gasteiger partial charge in [-0.15, -0.1) is 0 Å². The van der Waals surface area contributed by atoms with E-state index in [1.54, 1.807) is 12.1 Å². The number of benzene rings is 2. The summed E-state index contributed by atoms with van der Waals surface area (Å²) in [4.78, 5) is 63.9. The van der Waals surface area contributed by atoms with Crippen LogP contribution in [0.5, 0.6) is 5.75 Å². The van der Waals surface area contributed by atoms with Crippen molar-refractivity contribution in [2.75, 3.05) is 26.2 Å². The van der Waals surface area contributed by atoms with Crippen molar-refractivity contribution in [3.63, 3.8) is 0 Å². The second-order valence-corrected chi connectivity index (χ2v) is 9.34. The van der Waals surface area contributed by atoms with Crippen LogP contribution in [0.15, 0.2) is 54.6 Å². The zero-order valence-electron chi connectivity index (χ0n) is 21.7. The first-order valence-corrected chi connectivity index (χ1v) is 12.6. The van der Waals surface area contributed by atoms with Gasteiger partial charge >= 0.3 is 0 Å². The lowest BCUT2D eigenvalue weighted by atomic mass is 10.0. The number of rotatable bonds is 11. The number of nitrogens with two attached hydrogens (primary N) is 1. The molecule has 39 heavy (non-hydrogen) atoms. The van der Waals surface area contributed by atoms with E-state index in [2.05, 4.69) is 21.3 Å². The number of nitrogens with one attached hydrogen (secondary N) is 4. The number of aromatic hydroxyl groups is 1. The van der Waals surface area contributed by atoms with Gasteiger partial charge in [0, 0.05) is 19.5 Å². The first-order chi connectivity index (χ1) is 18.6. The lowest BCUT2D eigenvalue weighted by Gasteiger charge is -2.30. The van der Waals surface area contributed by atoms with Crippen LogP contribution in [0.2, 0.25) is 0 Å². The van der Waals surface area contributed by atoms with Crippen LogP contribution in [0.4, 0.5) is 0 Å². The molecular formula is C27H34N6O6. The summed E-state index contributed by atoms with van der Waals surface area (Å²) >= 11 is 0. The quantitative estimate of drug-likeness (QED) is 0.203. The molecule has 0 saturated carbocycles. The zero-order chi connectivity index (χ0) is 28.4.